The van der Waals surface area contributed by atoms with Gasteiger partial charge >= 0.3 is 6.18 Å². The summed E-state index contributed by atoms with van der Waals surface area (Å²) in [6, 6.07) is 9.21. The maximum atomic E-state index is 13.0. The van der Waals surface area contributed by atoms with Crippen LogP contribution < -0.4 is 10.2 Å². The van der Waals surface area contributed by atoms with Gasteiger partial charge in [0.2, 0.25) is 10.0 Å². The number of hydrogen-bond acceptors (Lipinski definition) is 7. The van der Waals surface area contributed by atoms with Crippen LogP contribution in [0.4, 0.5) is 19.0 Å². The Morgan fingerprint density at radius 3 is 2.49 bits per heavy atom. The van der Waals surface area contributed by atoms with Gasteiger partial charge in [0.25, 0.3) is 0 Å². The minimum Gasteiger partial charge on any atom is -0.356 e. The van der Waals surface area contributed by atoms with Gasteiger partial charge < -0.3 is 10.2 Å². The topological polar surface area (TPSA) is 78.4 Å². The van der Waals surface area contributed by atoms with Gasteiger partial charge in [0, 0.05) is 43.6 Å². The zero-order chi connectivity index (χ0) is 27.6. The van der Waals surface area contributed by atoms with Gasteiger partial charge in [-0.05, 0) is 55.9 Å². The molecule has 0 spiro atoms. The zero-order valence-corrected chi connectivity index (χ0v) is 23.6. The van der Waals surface area contributed by atoms with Gasteiger partial charge in [0.1, 0.15) is 17.0 Å². The summed E-state index contributed by atoms with van der Waals surface area (Å²) in [4.78, 5) is 11.8. The molecule has 2 atom stereocenters. The maximum absolute atomic E-state index is 13.0. The first-order valence-corrected chi connectivity index (χ1v) is 15.7. The minimum atomic E-state index is -4.26. The van der Waals surface area contributed by atoms with E-state index in [2.05, 4.69) is 20.2 Å². The van der Waals surface area contributed by atoms with Gasteiger partial charge in [-0.2, -0.15) is 17.5 Å². The second-order valence-electron chi connectivity index (χ2n) is 10.5. The molecule has 7 nitrogen and oxygen atoms in total. The normalized spacial score (nSPS) is 21.3. The van der Waals surface area contributed by atoms with E-state index in [0.29, 0.717) is 40.6 Å². The number of fused-ring (bicyclic) bond motifs is 1. The van der Waals surface area contributed by atoms with Gasteiger partial charge in [0.05, 0.1) is 16.7 Å². The van der Waals surface area contributed by atoms with Crippen LogP contribution in [-0.2, 0) is 23.0 Å². The van der Waals surface area contributed by atoms with Crippen molar-refractivity contribution in [2.75, 3.05) is 25.0 Å². The highest BCUT2D eigenvalue weighted by Gasteiger charge is 2.31. The molecular formula is C27H34F3N5O2S2. The highest BCUT2D eigenvalue weighted by atomic mass is 32.2. The van der Waals surface area contributed by atoms with Gasteiger partial charge in [-0.1, -0.05) is 25.0 Å². The molecule has 0 radical (unpaired) electrons. The van der Waals surface area contributed by atoms with Crippen molar-refractivity contribution in [3.05, 3.63) is 47.1 Å². The highest BCUT2D eigenvalue weighted by molar-refractivity contribution is 7.89. The monoisotopic (exact) mass is 581 g/mol. The smallest absolute Gasteiger partial charge is 0.356 e. The fraction of sp³-hybridized carbons (Fsp3) is 0.556. The molecule has 0 amide bonds. The van der Waals surface area contributed by atoms with Crippen LogP contribution in [0.25, 0.3) is 10.2 Å². The standard InChI is InChI=1S/C27H34F3N5O2S2/c1-34(25-24-15-22(16-27(28,29)30)38-26(24)33-18-32-25)21-9-8-20(14-21)31-17-19-6-10-23(11-7-19)39(36,37)35-12-4-2-3-5-13-35/h6-7,10-11,15,18,20-21,31H,2-5,8-9,12-14,16-17H2,1H3/t20-,21+/m0/s1. The number of aromatic nitrogens is 2. The molecule has 2 fully saturated rings. The van der Waals surface area contributed by atoms with Crippen LogP contribution in [0, 0.1) is 0 Å². The maximum Gasteiger partial charge on any atom is 0.393 e. The Labute approximate surface area is 231 Å². The quantitative estimate of drug-likeness (QED) is 0.378. The van der Waals surface area contributed by atoms with Crippen LogP contribution in [0.2, 0.25) is 0 Å². The number of benzene rings is 1. The molecule has 0 unspecified atom stereocenters. The van der Waals surface area contributed by atoms with E-state index in [1.807, 2.05) is 19.2 Å². The van der Waals surface area contributed by atoms with Crippen molar-refractivity contribution in [2.45, 2.75) is 81.1 Å². The summed E-state index contributed by atoms with van der Waals surface area (Å²) in [7, 11) is -1.51. The van der Waals surface area contributed by atoms with E-state index < -0.39 is 22.6 Å². The van der Waals surface area contributed by atoms with Gasteiger partial charge in [-0.3, -0.25) is 0 Å². The second-order valence-corrected chi connectivity index (χ2v) is 13.6. The predicted octanol–water partition coefficient (Wildman–Crippen LogP) is 5.51. The van der Waals surface area contributed by atoms with Gasteiger partial charge in [-0.15, -0.1) is 11.3 Å². The fourth-order valence-electron chi connectivity index (χ4n) is 5.60. The molecule has 1 N–H and O–H groups in total. The van der Waals surface area contributed by atoms with Crippen molar-refractivity contribution in [3.63, 3.8) is 0 Å². The Balaban J connectivity index is 1.18. The Morgan fingerprint density at radius 2 is 1.79 bits per heavy atom. The minimum absolute atomic E-state index is 0.202. The van der Waals surface area contributed by atoms with Crippen LogP contribution in [0.1, 0.15) is 55.4 Å². The largest absolute Gasteiger partial charge is 0.393 e. The van der Waals surface area contributed by atoms with Crippen LogP contribution in [-0.4, -0.2) is 61.1 Å². The first-order valence-electron chi connectivity index (χ1n) is 13.5. The SMILES string of the molecule is CN(c1ncnc2sc(CC(F)(F)F)cc12)[C@@H]1CC[C@H](NCc2ccc(S(=O)(=O)N3CCCCCC3)cc2)C1. The van der Waals surface area contributed by atoms with Crippen LogP contribution in [0.15, 0.2) is 41.6 Å². The van der Waals surface area contributed by atoms with Crippen molar-refractivity contribution in [1.82, 2.24) is 19.6 Å². The van der Waals surface area contributed by atoms with Crippen molar-refractivity contribution in [1.29, 1.82) is 0 Å². The number of thiophene rings is 1. The number of nitrogens with zero attached hydrogens (tertiary/aromatic N) is 4. The lowest BCUT2D eigenvalue weighted by molar-refractivity contribution is -0.126. The molecule has 1 saturated carbocycles. The van der Waals surface area contributed by atoms with Gasteiger partial charge in [0.15, 0.2) is 0 Å². The second kappa shape index (κ2) is 11.7. The molecule has 3 aromatic rings. The summed E-state index contributed by atoms with van der Waals surface area (Å²) in [6.07, 6.45) is 2.96. The van der Waals surface area contributed by atoms with Crippen molar-refractivity contribution >= 4 is 37.4 Å². The Kier molecular flexibility index (Phi) is 8.46. The Morgan fingerprint density at radius 1 is 1.08 bits per heavy atom. The first kappa shape index (κ1) is 28.3. The molecular weight excluding hydrogens is 547 g/mol. The lowest BCUT2D eigenvalue weighted by Crippen LogP contribution is -2.33. The van der Waals surface area contributed by atoms with Crippen molar-refractivity contribution < 1.29 is 21.6 Å². The molecule has 212 valence electrons. The molecule has 1 saturated heterocycles. The van der Waals surface area contributed by atoms with Crippen LogP contribution in [0.5, 0.6) is 0 Å². The van der Waals surface area contributed by atoms with Gasteiger partial charge in [-0.25, -0.2) is 18.4 Å². The number of rotatable bonds is 8. The molecule has 1 aliphatic heterocycles. The Hall–Kier alpha value is -2.28. The number of halogens is 3. The summed E-state index contributed by atoms with van der Waals surface area (Å²) in [5.74, 6) is 0.663. The lowest BCUT2D eigenvalue weighted by Gasteiger charge is -2.26. The number of hydrogen-bond donors (Lipinski definition) is 1. The molecule has 3 heterocycles. The van der Waals surface area contributed by atoms with E-state index in [0.717, 1.165) is 61.8 Å². The summed E-state index contributed by atoms with van der Waals surface area (Å²) in [5.41, 5.74) is 1.02. The third-order valence-corrected chi connectivity index (χ3v) is 10.7. The number of anilines is 1. The van der Waals surface area contributed by atoms with E-state index in [1.54, 1.807) is 22.5 Å². The Bertz CT molecular complexity index is 1370. The number of alkyl halides is 3. The van der Waals surface area contributed by atoms with Crippen molar-refractivity contribution in [3.8, 4) is 0 Å². The highest BCUT2D eigenvalue weighted by Crippen LogP contribution is 2.36. The molecule has 0 bridgehead atoms. The zero-order valence-electron chi connectivity index (χ0n) is 22.0. The average molecular weight is 582 g/mol. The predicted molar refractivity (Wildman–Crippen MR) is 148 cm³/mol. The lowest BCUT2D eigenvalue weighted by atomic mass is 10.1. The molecule has 5 rings (SSSR count). The third kappa shape index (κ3) is 6.72. The van der Waals surface area contributed by atoms with Crippen LogP contribution >= 0.6 is 11.3 Å². The summed E-state index contributed by atoms with van der Waals surface area (Å²) >= 11 is 1.07. The third-order valence-electron chi connectivity index (χ3n) is 7.74. The molecule has 1 aromatic carbocycles. The molecule has 2 aromatic heterocycles. The molecule has 2 aliphatic rings. The van der Waals surface area contributed by atoms with E-state index in [9.17, 15) is 21.6 Å². The van der Waals surface area contributed by atoms with Crippen LogP contribution in [0.3, 0.4) is 0 Å². The fourth-order valence-corrected chi connectivity index (χ4v) is 8.14. The molecule has 39 heavy (non-hydrogen) atoms. The van der Waals surface area contributed by atoms with Crippen molar-refractivity contribution in [2.24, 2.45) is 0 Å². The van der Waals surface area contributed by atoms with E-state index in [-0.39, 0.29) is 17.0 Å². The average Bonchev–Trinajstić information content (AvgIpc) is 3.43. The molecule has 1 aliphatic carbocycles. The number of nitrogens with one attached hydrogen (secondary N) is 1. The van der Waals surface area contributed by atoms with E-state index in [4.69, 9.17) is 0 Å². The first-order chi connectivity index (χ1) is 18.6. The van der Waals surface area contributed by atoms with E-state index in [1.165, 1.54) is 6.33 Å². The summed E-state index contributed by atoms with van der Waals surface area (Å²) in [5, 5.41) is 4.25. The summed E-state index contributed by atoms with van der Waals surface area (Å²) < 4.78 is 66.4. The summed E-state index contributed by atoms with van der Waals surface area (Å²) in [6.45, 7) is 1.81. The van der Waals surface area contributed by atoms with E-state index >= 15 is 0 Å². The number of sulfonamides is 1. The molecule has 12 heteroatoms.